The van der Waals surface area contributed by atoms with Crippen molar-refractivity contribution in [2.45, 2.75) is 32.4 Å². The van der Waals surface area contributed by atoms with Crippen molar-refractivity contribution in [1.82, 2.24) is 15.5 Å². The van der Waals surface area contributed by atoms with E-state index >= 15 is 0 Å². The van der Waals surface area contributed by atoms with Crippen molar-refractivity contribution in [1.29, 1.82) is 0 Å². The van der Waals surface area contributed by atoms with Crippen molar-refractivity contribution in [3.05, 3.63) is 17.5 Å². The van der Waals surface area contributed by atoms with Crippen molar-refractivity contribution < 1.29 is 18.0 Å². The molecule has 4 nitrogen and oxygen atoms in total. The molecule has 0 bridgehead atoms. The molecule has 1 aromatic heterocycles. The molecule has 1 heterocycles. The number of aromatic nitrogens is 2. The second kappa shape index (κ2) is 5.70. The summed E-state index contributed by atoms with van der Waals surface area (Å²) in [6, 6.07) is 0. The number of aryl methyl sites for hydroxylation is 1. The van der Waals surface area contributed by atoms with Gasteiger partial charge < -0.3 is 5.32 Å². The molecular formula is C10H14F3N3O. The highest BCUT2D eigenvalue weighted by Gasteiger charge is 2.25. The van der Waals surface area contributed by atoms with E-state index in [-0.39, 0.29) is 18.9 Å². The average molecular weight is 249 g/mol. The Labute approximate surface area is 96.6 Å². The number of unbranched alkanes of at least 4 members (excludes halogenated alkanes) is 1. The predicted octanol–water partition coefficient (Wildman–Crippen LogP) is 2.18. The molecule has 7 heteroatoms. The third kappa shape index (κ3) is 4.88. The van der Waals surface area contributed by atoms with Crippen LogP contribution in [0.2, 0.25) is 0 Å². The maximum absolute atomic E-state index is 11.8. The summed E-state index contributed by atoms with van der Waals surface area (Å²) in [7, 11) is 0. The SMILES string of the molecule is Cc1[nH]ncc1C(=O)NCCCCC(F)(F)F. The molecule has 0 spiro atoms. The number of carbonyl (C=O) groups is 1. The Morgan fingerprint density at radius 1 is 1.47 bits per heavy atom. The van der Waals surface area contributed by atoms with Crippen molar-refractivity contribution in [2.24, 2.45) is 0 Å². The zero-order valence-electron chi connectivity index (χ0n) is 9.40. The quantitative estimate of drug-likeness (QED) is 0.786. The molecule has 0 radical (unpaired) electrons. The minimum Gasteiger partial charge on any atom is -0.352 e. The summed E-state index contributed by atoms with van der Waals surface area (Å²) >= 11 is 0. The van der Waals surface area contributed by atoms with Gasteiger partial charge in [-0.3, -0.25) is 9.89 Å². The molecule has 1 aromatic rings. The number of nitrogens with one attached hydrogen (secondary N) is 2. The fourth-order valence-electron chi connectivity index (χ4n) is 1.33. The molecule has 0 saturated heterocycles. The van der Waals surface area contributed by atoms with Gasteiger partial charge in [-0.25, -0.2) is 0 Å². The Hall–Kier alpha value is -1.53. The second-order valence-electron chi connectivity index (χ2n) is 3.74. The molecule has 0 unspecified atom stereocenters. The number of H-pyrrole nitrogens is 1. The van der Waals surface area contributed by atoms with Gasteiger partial charge in [0.15, 0.2) is 0 Å². The average Bonchev–Trinajstić information content (AvgIpc) is 2.62. The lowest BCUT2D eigenvalue weighted by molar-refractivity contribution is -0.135. The summed E-state index contributed by atoms with van der Waals surface area (Å²) in [4.78, 5) is 11.5. The lowest BCUT2D eigenvalue weighted by atomic mass is 10.2. The van der Waals surface area contributed by atoms with Gasteiger partial charge in [-0.1, -0.05) is 0 Å². The number of alkyl halides is 3. The van der Waals surface area contributed by atoms with Crippen LogP contribution in [0, 0.1) is 6.92 Å². The first kappa shape index (κ1) is 13.5. The van der Waals surface area contributed by atoms with Crippen LogP contribution in [0.1, 0.15) is 35.3 Å². The molecule has 0 aromatic carbocycles. The van der Waals surface area contributed by atoms with Crippen molar-refractivity contribution in [3.63, 3.8) is 0 Å². The van der Waals surface area contributed by atoms with Crippen LogP contribution in [0.15, 0.2) is 6.20 Å². The van der Waals surface area contributed by atoms with Crippen LogP contribution in [0.5, 0.6) is 0 Å². The Kier molecular flexibility index (Phi) is 4.53. The normalized spacial score (nSPS) is 11.5. The van der Waals surface area contributed by atoms with E-state index in [1.54, 1.807) is 6.92 Å². The Balaban J connectivity index is 2.20. The maximum atomic E-state index is 11.8. The molecule has 0 saturated carbocycles. The van der Waals surface area contributed by atoms with E-state index in [1.165, 1.54) is 6.20 Å². The van der Waals surface area contributed by atoms with Crippen LogP contribution in [0.3, 0.4) is 0 Å². The fraction of sp³-hybridized carbons (Fsp3) is 0.600. The van der Waals surface area contributed by atoms with E-state index in [0.29, 0.717) is 17.7 Å². The highest BCUT2D eigenvalue weighted by molar-refractivity contribution is 5.94. The van der Waals surface area contributed by atoms with Gasteiger partial charge >= 0.3 is 6.18 Å². The smallest absolute Gasteiger partial charge is 0.352 e. The highest BCUT2D eigenvalue weighted by Crippen LogP contribution is 2.21. The van der Waals surface area contributed by atoms with E-state index in [0.717, 1.165) is 0 Å². The highest BCUT2D eigenvalue weighted by atomic mass is 19.4. The number of carbonyl (C=O) groups excluding carboxylic acids is 1. The largest absolute Gasteiger partial charge is 0.389 e. The molecule has 0 fully saturated rings. The number of nitrogens with zero attached hydrogens (tertiary/aromatic N) is 1. The van der Waals surface area contributed by atoms with Gasteiger partial charge in [0.25, 0.3) is 5.91 Å². The zero-order chi connectivity index (χ0) is 12.9. The number of hydrogen-bond acceptors (Lipinski definition) is 2. The van der Waals surface area contributed by atoms with Gasteiger partial charge in [0.05, 0.1) is 11.8 Å². The van der Waals surface area contributed by atoms with Crippen LogP contribution in [-0.4, -0.2) is 28.8 Å². The first-order chi connectivity index (χ1) is 7.90. The first-order valence-electron chi connectivity index (χ1n) is 5.25. The topological polar surface area (TPSA) is 57.8 Å². The van der Waals surface area contributed by atoms with Gasteiger partial charge in [0.1, 0.15) is 0 Å². The Morgan fingerprint density at radius 3 is 2.71 bits per heavy atom. The van der Waals surface area contributed by atoms with E-state index < -0.39 is 12.6 Å². The molecule has 96 valence electrons. The molecule has 2 N–H and O–H groups in total. The third-order valence-corrected chi connectivity index (χ3v) is 2.25. The maximum Gasteiger partial charge on any atom is 0.389 e. The predicted molar refractivity (Wildman–Crippen MR) is 55.6 cm³/mol. The number of amides is 1. The van der Waals surface area contributed by atoms with E-state index in [9.17, 15) is 18.0 Å². The van der Waals surface area contributed by atoms with Gasteiger partial charge in [-0.15, -0.1) is 0 Å². The van der Waals surface area contributed by atoms with Crippen LogP contribution in [0.25, 0.3) is 0 Å². The van der Waals surface area contributed by atoms with Crippen LogP contribution >= 0.6 is 0 Å². The summed E-state index contributed by atoms with van der Waals surface area (Å²) in [5.74, 6) is -0.316. The van der Waals surface area contributed by atoms with E-state index in [1.807, 2.05) is 0 Å². The van der Waals surface area contributed by atoms with Gasteiger partial charge in [0.2, 0.25) is 0 Å². The summed E-state index contributed by atoms with van der Waals surface area (Å²) < 4.78 is 35.5. The number of hydrogen-bond donors (Lipinski definition) is 2. The molecule has 17 heavy (non-hydrogen) atoms. The van der Waals surface area contributed by atoms with E-state index in [2.05, 4.69) is 15.5 Å². The molecular weight excluding hydrogens is 235 g/mol. The standard InChI is InChI=1S/C10H14F3N3O/c1-7-8(6-15-16-7)9(17)14-5-3-2-4-10(11,12)13/h6H,2-5H2,1H3,(H,14,17)(H,15,16). The van der Waals surface area contributed by atoms with Gasteiger partial charge in [0, 0.05) is 18.7 Å². The third-order valence-electron chi connectivity index (χ3n) is 2.25. The minimum atomic E-state index is -4.12. The molecule has 0 atom stereocenters. The van der Waals surface area contributed by atoms with Gasteiger partial charge in [-0.2, -0.15) is 18.3 Å². The zero-order valence-corrected chi connectivity index (χ0v) is 9.40. The Morgan fingerprint density at radius 2 is 2.18 bits per heavy atom. The monoisotopic (exact) mass is 249 g/mol. The lowest BCUT2D eigenvalue weighted by Crippen LogP contribution is -2.25. The number of halogens is 3. The Bertz CT molecular complexity index is 373. The fourth-order valence-corrected chi connectivity index (χ4v) is 1.33. The van der Waals surface area contributed by atoms with Crippen LogP contribution in [0.4, 0.5) is 13.2 Å². The molecule has 0 aliphatic rings. The molecule has 0 aliphatic heterocycles. The van der Waals surface area contributed by atoms with Crippen molar-refractivity contribution >= 4 is 5.91 Å². The number of rotatable bonds is 5. The summed E-state index contributed by atoms with van der Waals surface area (Å²) in [5, 5.41) is 8.84. The minimum absolute atomic E-state index is 0.0220. The molecule has 1 amide bonds. The summed E-state index contributed by atoms with van der Waals surface area (Å²) in [6.07, 6.45) is -3.21. The summed E-state index contributed by atoms with van der Waals surface area (Å²) in [6.45, 7) is 1.94. The van der Waals surface area contributed by atoms with Crippen molar-refractivity contribution in [2.75, 3.05) is 6.54 Å². The summed E-state index contributed by atoms with van der Waals surface area (Å²) in [5.41, 5.74) is 1.05. The second-order valence-corrected chi connectivity index (χ2v) is 3.74. The lowest BCUT2D eigenvalue weighted by Gasteiger charge is -2.06. The molecule has 0 aliphatic carbocycles. The van der Waals surface area contributed by atoms with Crippen molar-refractivity contribution in [3.8, 4) is 0 Å². The first-order valence-corrected chi connectivity index (χ1v) is 5.25. The van der Waals surface area contributed by atoms with Gasteiger partial charge in [-0.05, 0) is 19.8 Å². The molecule has 1 rings (SSSR count). The van der Waals surface area contributed by atoms with Crippen LogP contribution in [-0.2, 0) is 0 Å². The van der Waals surface area contributed by atoms with Crippen LogP contribution < -0.4 is 5.32 Å². The number of aromatic amines is 1. The van der Waals surface area contributed by atoms with E-state index in [4.69, 9.17) is 0 Å².